The molecule has 0 spiro atoms. The molecule has 0 aliphatic heterocycles. The number of carbonyl (C=O) groups is 2. The second kappa shape index (κ2) is 8.90. The molecular formula is C22H19FN2O3. The van der Waals surface area contributed by atoms with E-state index in [0.29, 0.717) is 11.3 Å². The summed E-state index contributed by atoms with van der Waals surface area (Å²) >= 11 is 0. The highest BCUT2D eigenvalue weighted by Crippen LogP contribution is 2.12. The number of esters is 1. The summed E-state index contributed by atoms with van der Waals surface area (Å²) in [6, 6.07) is 17.6. The fourth-order valence-electron chi connectivity index (χ4n) is 2.59. The summed E-state index contributed by atoms with van der Waals surface area (Å²) in [6.07, 6.45) is 2.75. The highest BCUT2D eigenvalue weighted by molar-refractivity contribution is 5.89. The van der Waals surface area contributed by atoms with Crippen molar-refractivity contribution in [3.8, 4) is 0 Å². The van der Waals surface area contributed by atoms with Crippen LogP contribution in [0.1, 0.15) is 11.3 Å². The fourth-order valence-corrected chi connectivity index (χ4v) is 2.59. The molecule has 1 aromatic heterocycles. The Kier molecular flexibility index (Phi) is 6.11. The summed E-state index contributed by atoms with van der Waals surface area (Å²) in [5.74, 6) is -1.46. The van der Waals surface area contributed by atoms with Crippen molar-refractivity contribution in [1.82, 2.24) is 9.88 Å². The van der Waals surface area contributed by atoms with Crippen LogP contribution in [0, 0.1) is 5.82 Å². The van der Waals surface area contributed by atoms with Gasteiger partial charge >= 0.3 is 5.97 Å². The first kappa shape index (κ1) is 19.2. The Balaban J connectivity index is 1.52. The predicted molar refractivity (Wildman–Crippen MR) is 105 cm³/mol. The van der Waals surface area contributed by atoms with Gasteiger partial charge in [-0.2, -0.15) is 0 Å². The van der Waals surface area contributed by atoms with Crippen molar-refractivity contribution in [2.24, 2.45) is 0 Å². The topological polar surface area (TPSA) is 59.5 Å². The van der Waals surface area contributed by atoms with Crippen LogP contribution >= 0.6 is 0 Å². The summed E-state index contributed by atoms with van der Waals surface area (Å²) in [5, 5.41) is 1.01. The molecule has 6 heteroatoms. The molecular weight excluding hydrogens is 359 g/mol. The van der Waals surface area contributed by atoms with Gasteiger partial charge in [0, 0.05) is 30.6 Å². The van der Waals surface area contributed by atoms with Crippen molar-refractivity contribution in [1.29, 1.82) is 0 Å². The number of likely N-dealkylation sites (N-methyl/N-ethyl adjacent to an activating group) is 1. The van der Waals surface area contributed by atoms with Crippen molar-refractivity contribution in [2.45, 2.75) is 6.54 Å². The number of carbonyl (C=O) groups excluding carboxylic acids is 2. The maximum atomic E-state index is 13.6. The average molecular weight is 378 g/mol. The van der Waals surface area contributed by atoms with Gasteiger partial charge in [0.2, 0.25) is 0 Å². The normalized spacial score (nSPS) is 10.9. The summed E-state index contributed by atoms with van der Waals surface area (Å²) in [5.41, 5.74) is 1.83. The van der Waals surface area contributed by atoms with Gasteiger partial charge in [-0.25, -0.2) is 14.2 Å². The van der Waals surface area contributed by atoms with Gasteiger partial charge in [-0.05, 0) is 24.3 Å². The quantitative estimate of drug-likeness (QED) is 0.486. The third-order valence-corrected chi connectivity index (χ3v) is 4.14. The lowest BCUT2D eigenvalue weighted by Gasteiger charge is -2.17. The number of pyridine rings is 1. The maximum absolute atomic E-state index is 13.6. The van der Waals surface area contributed by atoms with E-state index in [0.717, 1.165) is 10.9 Å². The van der Waals surface area contributed by atoms with Crippen LogP contribution in [0.25, 0.3) is 17.0 Å². The largest absolute Gasteiger partial charge is 0.452 e. The van der Waals surface area contributed by atoms with Gasteiger partial charge in [-0.15, -0.1) is 0 Å². The monoisotopic (exact) mass is 378 g/mol. The van der Waals surface area contributed by atoms with Crippen molar-refractivity contribution in [3.63, 3.8) is 0 Å². The van der Waals surface area contributed by atoms with E-state index in [1.807, 2.05) is 30.3 Å². The first-order valence-corrected chi connectivity index (χ1v) is 8.71. The standard InChI is InChI=1S/C22H19FN2O3/c1-25(14-17-7-2-4-8-19(17)23)21(26)15-28-22(27)13-12-18-11-10-16-6-3-5-9-20(16)24-18/h2-13H,14-15H2,1H3/b13-12+. The van der Waals surface area contributed by atoms with E-state index in [1.54, 1.807) is 24.3 Å². The van der Waals surface area contributed by atoms with E-state index in [4.69, 9.17) is 4.74 Å². The summed E-state index contributed by atoms with van der Waals surface area (Å²) in [7, 11) is 1.53. The van der Waals surface area contributed by atoms with Crippen molar-refractivity contribution in [2.75, 3.05) is 13.7 Å². The number of hydrogen-bond acceptors (Lipinski definition) is 4. The number of rotatable bonds is 6. The molecule has 5 nitrogen and oxygen atoms in total. The molecule has 0 N–H and O–H groups in total. The van der Waals surface area contributed by atoms with Crippen LogP contribution in [-0.4, -0.2) is 35.4 Å². The predicted octanol–water partition coefficient (Wildman–Crippen LogP) is 3.59. The average Bonchev–Trinajstić information content (AvgIpc) is 2.71. The minimum atomic E-state index is -0.650. The third-order valence-electron chi connectivity index (χ3n) is 4.14. The lowest BCUT2D eigenvalue weighted by atomic mass is 10.2. The van der Waals surface area contributed by atoms with Gasteiger partial charge in [0.1, 0.15) is 5.82 Å². The van der Waals surface area contributed by atoms with Crippen LogP contribution in [0.4, 0.5) is 4.39 Å². The van der Waals surface area contributed by atoms with Gasteiger partial charge < -0.3 is 9.64 Å². The Morgan fingerprint density at radius 1 is 1.07 bits per heavy atom. The molecule has 1 heterocycles. The number of para-hydroxylation sites is 1. The second-order valence-corrected chi connectivity index (χ2v) is 6.21. The van der Waals surface area contributed by atoms with E-state index < -0.39 is 18.5 Å². The first-order chi connectivity index (χ1) is 13.5. The van der Waals surface area contributed by atoms with Crippen LogP contribution < -0.4 is 0 Å². The second-order valence-electron chi connectivity index (χ2n) is 6.21. The lowest BCUT2D eigenvalue weighted by Crippen LogP contribution is -2.30. The Morgan fingerprint density at radius 3 is 2.64 bits per heavy atom. The molecule has 0 bridgehead atoms. The SMILES string of the molecule is CN(Cc1ccccc1F)C(=O)COC(=O)/C=C/c1ccc2ccccc2n1. The van der Waals surface area contributed by atoms with E-state index in [1.165, 1.54) is 30.2 Å². The molecule has 0 aliphatic carbocycles. The van der Waals surface area contributed by atoms with Crippen LogP contribution in [0.3, 0.4) is 0 Å². The van der Waals surface area contributed by atoms with Crippen LogP contribution in [0.2, 0.25) is 0 Å². The van der Waals surface area contributed by atoms with E-state index in [2.05, 4.69) is 4.98 Å². The molecule has 0 aliphatic rings. The van der Waals surface area contributed by atoms with Crippen molar-refractivity contribution < 1.29 is 18.7 Å². The van der Waals surface area contributed by atoms with Crippen LogP contribution in [-0.2, 0) is 20.9 Å². The Hall–Kier alpha value is -3.54. The number of ether oxygens (including phenoxy) is 1. The molecule has 3 rings (SSSR count). The number of aromatic nitrogens is 1. The Morgan fingerprint density at radius 2 is 1.82 bits per heavy atom. The number of amides is 1. The summed E-state index contributed by atoms with van der Waals surface area (Å²) in [4.78, 5) is 29.7. The molecule has 3 aromatic rings. The van der Waals surface area contributed by atoms with E-state index in [-0.39, 0.29) is 12.4 Å². The molecule has 0 radical (unpaired) electrons. The number of halogens is 1. The third kappa shape index (κ3) is 5.01. The number of fused-ring (bicyclic) bond motifs is 1. The molecule has 2 aromatic carbocycles. The molecule has 0 atom stereocenters. The molecule has 142 valence electrons. The number of hydrogen-bond donors (Lipinski definition) is 0. The van der Waals surface area contributed by atoms with Crippen molar-refractivity contribution >= 4 is 28.9 Å². The van der Waals surface area contributed by atoms with Gasteiger partial charge in [-0.3, -0.25) is 4.79 Å². The lowest BCUT2D eigenvalue weighted by molar-refractivity contribution is -0.147. The van der Waals surface area contributed by atoms with Gasteiger partial charge in [-0.1, -0.05) is 42.5 Å². The molecule has 1 amide bonds. The molecule has 0 fully saturated rings. The first-order valence-electron chi connectivity index (χ1n) is 8.71. The van der Waals surface area contributed by atoms with E-state index in [9.17, 15) is 14.0 Å². The summed E-state index contributed by atoms with van der Waals surface area (Å²) < 4.78 is 18.6. The van der Waals surface area contributed by atoms with Gasteiger partial charge in [0.15, 0.2) is 6.61 Å². The zero-order valence-electron chi connectivity index (χ0n) is 15.3. The zero-order valence-corrected chi connectivity index (χ0v) is 15.3. The number of nitrogens with zero attached hydrogens (tertiary/aromatic N) is 2. The van der Waals surface area contributed by atoms with Crippen LogP contribution in [0.5, 0.6) is 0 Å². The highest BCUT2D eigenvalue weighted by atomic mass is 19.1. The van der Waals surface area contributed by atoms with Gasteiger partial charge in [0.25, 0.3) is 5.91 Å². The smallest absolute Gasteiger partial charge is 0.331 e. The summed E-state index contributed by atoms with van der Waals surface area (Å²) in [6.45, 7) is -0.320. The van der Waals surface area contributed by atoms with Crippen molar-refractivity contribution in [3.05, 3.63) is 83.8 Å². The highest BCUT2D eigenvalue weighted by Gasteiger charge is 2.13. The molecule has 0 saturated carbocycles. The fraction of sp³-hybridized carbons (Fsp3) is 0.136. The molecule has 0 saturated heterocycles. The minimum Gasteiger partial charge on any atom is -0.452 e. The molecule has 28 heavy (non-hydrogen) atoms. The molecule has 0 unspecified atom stereocenters. The van der Waals surface area contributed by atoms with Crippen LogP contribution in [0.15, 0.2) is 66.7 Å². The van der Waals surface area contributed by atoms with Gasteiger partial charge in [0.05, 0.1) is 11.2 Å². The Bertz CT molecular complexity index is 1030. The zero-order chi connectivity index (χ0) is 19.9. The van der Waals surface area contributed by atoms with E-state index >= 15 is 0 Å². The Labute approximate surface area is 162 Å². The number of benzene rings is 2. The maximum Gasteiger partial charge on any atom is 0.331 e. The minimum absolute atomic E-state index is 0.0971.